The summed E-state index contributed by atoms with van der Waals surface area (Å²) in [6.07, 6.45) is 4.05. The molecule has 8 nitrogen and oxygen atoms in total. The van der Waals surface area contributed by atoms with Crippen LogP contribution < -0.4 is 14.2 Å². The first-order chi connectivity index (χ1) is 14.1. The minimum absolute atomic E-state index is 0.326. The highest BCUT2D eigenvalue weighted by atomic mass is 16.5. The van der Waals surface area contributed by atoms with Gasteiger partial charge < -0.3 is 18.9 Å². The normalized spacial score (nSPS) is 11.4. The van der Waals surface area contributed by atoms with Crippen molar-refractivity contribution >= 4 is 23.3 Å². The first kappa shape index (κ1) is 20.2. The summed E-state index contributed by atoms with van der Waals surface area (Å²) in [7, 11) is 5.95. The van der Waals surface area contributed by atoms with Gasteiger partial charge in [0.15, 0.2) is 17.1 Å². The maximum absolute atomic E-state index is 12.7. The van der Waals surface area contributed by atoms with Gasteiger partial charge in [-0.2, -0.15) is 5.10 Å². The first-order valence-corrected chi connectivity index (χ1v) is 9.00. The van der Waals surface area contributed by atoms with E-state index in [2.05, 4.69) is 10.1 Å². The molecule has 0 amide bonds. The molecule has 0 aliphatic carbocycles. The smallest absolute Gasteiger partial charge is 0.340 e. The van der Waals surface area contributed by atoms with Crippen molar-refractivity contribution in [1.82, 2.24) is 14.6 Å². The third-order valence-electron chi connectivity index (χ3n) is 4.45. The molecule has 152 valence electrons. The number of carbonyl (C=O) groups excluding carboxylic acids is 1. The van der Waals surface area contributed by atoms with Gasteiger partial charge in [0.2, 0.25) is 5.75 Å². The molecular weight excluding hydrogens is 374 g/mol. The molecule has 3 aromatic rings. The van der Waals surface area contributed by atoms with Crippen LogP contribution in [0.2, 0.25) is 0 Å². The van der Waals surface area contributed by atoms with Crippen molar-refractivity contribution in [2.75, 3.05) is 28.4 Å². The molecule has 1 aromatic carbocycles. The first-order valence-electron chi connectivity index (χ1n) is 9.00. The summed E-state index contributed by atoms with van der Waals surface area (Å²) in [6.45, 7) is 2.00. The van der Waals surface area contributed by atoms with Crippen molar-refractivity contribution in [2.45, 2.75) is 13.3 Å². The van der Waals surface area contributed by atoms with Crippen LogP contribution in [-0.4, -0.2) is 49.0 Å². The van der Waals surface area contributed by atoms with Crippen LogP contribution in [0.3, 0.4) is 0 Å². The Labute approximate surface area is 168 Å². The molecule has 0 unspecified atom stereocenters. The van der Waals surface area contributed by atoms with Gasteiger partial charge in [-0.1, -0.05) is 6.92 Å². The van der Waals surface area contributed by atoms with Crippen molar-refractivity contribution in [3.63, 3.8) is 0 Å². The van der Waals surface area contributed by atoms with Crippen molar-refractivity contribution in [3.8, 4) is 17.2 Å². The van der Waals surface area contributed by atoms with Crippen LogP contribution in [0.25, 0.3) is 17.3 Å². The van der Waals surface area contributed by atoms with Crippen molar-refractivity contribution in [3.05, 3.63) is 47.4 Å². The second-order valence-electron chi connectivity index (χ2n) is 6.10. The summed E-state index contributed by atoms with van der Waals surface area (Å²) in [4.78, 5) is 17.2. The summed E-state index contributed by atoms with van der Waals surface area (Å²) in [6, 6.07) is 7.14. The van der Waals surface area contributed by atoms with Crippen LogP contribution in [0.15, 0.2) is 30.5 Å². The molecule has 0 saturated heterocycles. The number of carbonyl (C=O) groups is 1. The van der Waals surface area contributed by atoms with E-state index in [1.807, 2.05) is 13.0 Å². The lowest BCUT2D eigenvalue weighted by molar-refractivity contribution is -0.133. The molecule has 0 aliphatic heterocycles. The van der Waals surface area contributed by atoms with E-state index in [4.69, 9.17) is 18.9 Å². The zero-order valence-electron chi connectivity index (χ0n) is 17.1. The Morgan fingerprint density at radius 3 is 2.31 bits per heavy atom. The lowest BCUT2D eigenvalue weighted by Gasteiger charge is -2.14. The molecule has 2 aromatic heterocycles. The Kier molecular flexibility index (Phi) is 6.01. The number of hydrogen-bond acceptors (Lipinski definition) is 7. The third-order valence-corrected chi connectivity index (χ3v) is 4.45. The van der Waals surface area contributed by atoms with Crippen LogP contribution in [0.5, 0.6) is 17.2 Å². The topological polar surface area (TPSA) is 84.2 Å². The van der Waals surface area contributed by atoms with E-state index < -0.39 is 5.97 Å². The van der Waals surface area contributed by atoms with Gasteiger partial charge in [0.25, 0.3) is 0 Å². The highest BCUT2D eigenvalue weighted by molar-refractivity contribution is 6.21. The molecule has 0 N–H and O–H groups in total. The number of aromatic nitrogens is 3. The van der Waals surface area contributed by atoms with Gasteiger partial charge in [0, 0.05) is 11.8 Å². The Bertz CT molecular complexity index is 1050. The lowest BCUT2D eigenvalue weighted by atomic mass is 10.1. The molecule has 0 atom stereocenters. The molecule has 0 fully saturated rings. The Morgan fingerprint density at radius 2 is 1.76 bits per heavy atom. The van der Waals surface area contributed by atoms with Gasteiger partial charge in [-0.05, 0) is 36.3 Å². The predicted octanol–water partition coefficient (Wildman–Crippen LogP) is 3.03. The third kappa shape index (κ3) is 3.87. The van der Waals surface area contributed by atoms with E-state index in [1.165, 1.54) is 28.4 Å². The second kappa shape index (κ2) is 8.64. The molecule has 2 heterocycles. The van der Waals surface area contributed by atoms with E-state index in [9.17, 15) is 4.79 Å². The number of methoxy groups -OCH3 is 4. The van der Waals surface area contributed by atoms with Crippen molar-refractivity contribution in [1.29, 1.82) is 0 Å². The van der Waals surface area contributed by atoms with E-state index >= 15 is 0 Å². The lowest BCUT2D eigenvalue weighted by Crippen LogP contribution is -2.10. The summed E-state index contributed by atoms with van der Waals surface area (Å²) in [5, 5.41) is 4.30. The highest BCUT2D eigenvalue weighted by Crippen LogP contribution is 2.39. The monoisotopic (exact) mass is 397 g/mol. The fourth-order valence-corrected chi connectivity index (χ4v) is 3.04. The number of fused-ring (bicyclic) bond motifs is 1. The molecule has 8 heteroatoms. The average Bonchev–Trinajstić information content (AvgIpc) is 3.24. The molecule has 3 rings (SSSR count). The molecule has 0 radical (unpaired) electrons. The standard InChI is InChI=1S/C21H23N3O5/c1-6-14-12-16(24-19(23-14)7-8-22-24)15(21(25)29-5)9-13-10-17(26-2)20(28-4)18(11-13)27-3/h7-12H,6H2,1-5H3/b15-9-. The van der Waals surface area contributed by atoms with E-state index in [1.54, 1.807) is 35.0 Å². The Morgan fingerprint density at radius 1 is 1.07 bits per heavy atom. The van der Waals surface area contributed by atoms with Crippen molar-refractivity contribution < 1.29 is 23.7 Å². The maximum atomic E-state index is 12.7. The maximum Gasteiger partial charge on any atom is 0.340 e. The van der Waals surface area contributed by atoms with Gasteiger partial charge in [0.1, 0.15) is 0 Å². The zero-order valence-corrected chi connectivity index (χ0v) is 17.1. The summed E-state index contributed by atoms with van der Waals surface area (Å²) in [5.74, 6) is 0.938. The van der Waals surface area contributed by atoms with Crippen LogP contribution in [0.1, 0.15) is 23.9 Å². The molecule has 0 aliphatic rings. The van der Waals surface area contributed by atoms with Crippen LogP contribution in [-0.2, 0) is 16.0 Å². The summed E-state index contributed by atoms with van der Waals surface area (Å²) < 4.78 is 22.8. The molecular formula is C21H23N3O5. The number of esters is 1. The predicted molar refractivity (Wildman–Crippen MR) is 108 cm³/mol. The van der Waals surface area contributed by atoms with E-state index in [0.29, 0.717) is 46.1 Å². The molecule has 0 saturated carbocycles. The van der Waals surface area contributed by atoms with Crippen LogP contribution >= 0.6 is 0 Å². The average molecular weight is 397 g/mol. The molecule has 0 spiro atoms. The van der Waals surface area contributed by atoms with E-state index in [0.717, 1.165) is 5.69 Å². The van der Waals surface area contributed by atoms with E-state index in [-0.39, 0.29) is 0 Å². The second-order valence-corrected chi connectivity index (χ2v) is 6.10. The zero-order chi connectivity index (χ0) is 21.0. The summed E-state index contributed by atoms with van der Waals surface area (Å²) in [5.41, 5.74) is 3.08. The van der Waals surface area contributed by atoms with Gasteiger partial charge in [-0.15, -0.1) is 0 Å². The quantitative estimate of drug-likeness (QED) is 0.447. The van der Waals surface area contributed by atoms with Gasteiger partial charge in [0.05, 0.1) is 45.9 Å². The number of benzene rings is 1. The minimum atomic E-state index is -0.496. The Balaban J connectivity index is 2.25. The minimum Gasteiger partial charge on any atom is -0.493 e. The fraction of sp³-hybridized carbons (Fsp3) is 0.286. The molecule has 0 bridgehead atoms. The Hall–Kier alpha value is -3.55. The summed E-state index contributed by atoms with van der Waals surface area (Å²) >= 11 is 0. The highest BCUT2D eigenvalue weighted by Gasteiger charge is 2.20. The number of nitrogens with zero attached hydrogens (tertiary/aromatic N) is 3. The fourth-order valence-electron chi connectivity index (χ4n) is 3.04. The van der Waals surface area contributed by atoms with Crippen molar-refractivity contribution in [2.24, 2.45) is 0 Å². The number of hydrogen-bond donors (Lipinski definition) is 0. The largest absolute Gasteiger partial charge is 0.493 e. The van der Waals surface area contributed by atoms with Gasteiger partial charge in [-0.25, -0.2) is 14.3 Å². The van der Waals surface area contributed by atoms with Gasteiger partial charge in [-0.3, -0.25) is 0 Å². The number of rotatable bonds is 7. The van der Waals surface area contributed by atoms with Crippen LogP contribution in [0, 0.1) is 0 Å². The number of ether oxygens (including phenoxy) is 4. The number of aryl methyl sites for hydroxylation is 1. The SMILES string of the molecule is CCc1cc(/C(=C/c2cc(OC)c(OC)c(OC)c2)C(=O)OC)n2nccc2n1. The molecule has 29 heavy (non-hydrogen) atoms. The van der Waals surface area contributed by atoms with Crippen LogP contribution in [0.4, 0.5) is 0 Å². The van der Waals surface area contributed by atoms with Gasteiger partial charge >= 0.3 is 5.97 Å².